The van der Waals surface area contributed by atoms with E-state index in [2.05, 4.69) is 10.6 Å². The molecule has 0 aliphatic rings. The second-order valence-corrected chi connectivity index (χ2v) is 5.15. The third kappa shape index (κ3) is 4.19. The number of para-hydroxylation sites is 1. The van der Waals surface area contributed by atoms with Gasteiger partial charge in [0.1, 0.15) is 5.76 Å². The highest BCUT2D eigenvalue weighted by molar-refractivity contribution is 14.1. The van der Waals surface area contributed by atoms with Gasteiger partial charge in [0, 0.05) is 13.1 Å². The van der Waals surface area contributed by atoms with Crippen molar-refractivity contribution >= 4 is 46.2 Å². The minimum absolute atomic E-state index is 0.254. The number of anilines is 1. The first-order valence-electron chi connectivity index (χ1n) is 6.15. The first kappa shape index (κ1) is 15.3. The van der Waals surface area contributed by atoms with Gasteiger partial charge in [0.15, 0.2) is 3.77 Å². The first-order chi connectivity index (χ1) is 10.1. The van der Waals surface area contributed by atoms with E-state index in [0.717, 1.165) is 3.77 Å². The number of nitrogens with one attached hydrogen (secondary N) is 2. The van der Waals surface area contributed by atoms with Gasteiger partial charge >= 0.3 is 0 Å². The third-order valence-corrected chi connectivity index (χ3v) is 3.23. The summed E-state index contributed by atoms with van der Waals surface area (Å²) >= 11 is 2.05. The molecule has 0 aliphatic heterocycles. The molecule has 108 valence electrons. The van der Waals surface area contributed by atoms with E-state index in [0.29, 0.717) is 17.0 Å². The second-order valence-electron chi connectivity index (χ2n) is 4.09. The zero-order valence-electron chi connectivity index (χ0n) is 11.2. The normalized spacial score (nSPS) is 10.6. The summed E-state index contributed by atoms with van der Waals surface area (Å²) in [5, 5.41) is 5.20. The van der Waals surface area contributed by atoms with E-state index < -0.39 is 0 Å². The van der Waals surface area contributed by atoms with Crippen LogP contribution in [0.5, 0.6) is 0 Å². The standard InChI is InChI=1S/C15H13IN2O3/c1-17-15(20)11-4-2-3-5-12(11)18-14(19)9-7-10-6-8-13(16)21-10/h2-9H,1H3,(H,17,20)(H,18,19)/b9-7+. The number of furan rings is 1. The van der Waals surface area contributed by atoms with Gasteiger partial charge in [-0.3, -0.25) is 9.59 Å². The molecule has 0 aliphatic carbocycles. The molecule has 1 heterocycles. The Bertz CT molecular complexity index is 692. The van der Waals surface area contributed by atoms with Gasteiger partial charge in [-0.2, -0.15) is 0 Å². The SMILES string of the molecule is CNC(=O)c1ccccc1NC(=O)/C=C/c1ccc(I)o1. The average molecular weight is 396 g/mol. The Morgan fingerprint density at radius 2 is 1.95 bits per heavy atom. The summed E-state index contributed by atoms with van der Waals surface area (Å²) in [7, 11) is 1.54. The van der Waals surface area contributed by atoms with E-state index in [9.17, 15) is 9.59 Å². The molecule has 0 atom stereocenters. The van der Waals surface area contributed by atoms with Crippen molar-refractivity contribution in [3.8, 4) is 0 Å². The number of carbonyl (C=O) groups excluding carboxylic acids is 2. The van der Waals surface area contributed by atoms with Gasteiger partial charge in [0.25, 0.3) is 5.91 Å². The summed E-state index contributed by atoms with van der Waals surface area (Å²) in [6.07, 6.45) is 2.93. The highest BCUT2D eigenvalue weighted by Crippen LogP contribution is 2.15. The van der Waals surface area contributed by atoms with Gasteiger partial charge in [-0.05, 0) is 52.9 Å². The van der Waals surface area contributed by atoms with Gasteiger partial charge in [-0.25, -0.2) is 0 Å². The largest absolute Gasteiger partial charge is 0.451 e. The summed E-state index contributed by atoms with van der Waals surface area (Å²) in [6, 6.07) is 10.4. The highest BCUT2D eigenvalue weighted by Gasteiger charge is 2.10. The van der Waals surface area contributed by atoms with Crippen LogP contribution < -0.4 is 10.6 Å². The van der Waals surface area contributed by atoms with Crippen molar-refractivity contribution in [2.45, 2.75) is 0 Å². The molecule has 1 aromatic heterocycles. The molecule has 2 aromatic rings. The number of benzene rings is 1. The molecule has 0 spiro atoms. The summed E-state index contributed by atoms with van der Waals surface area (Å²) in [4.78, 5) is 23.6. The first-order valence-corrected chi connectivity index (χ1v) is 7.23. The number of halogens is 1. The zero-order chi connectivity index (χ0) is 15.2. The van der Waals surface area contributed by atoms with Crippen molar-refractivity contribution in [1.29, 1.82) is 0 Å². The quantitative estimate of drug-likeness (QED) is 0.617. The maximum absolute atomic E-state index is 11.9. The van der Waals surface area contributed by atoms with Crippen molar-refractivity contribution in [1.82, 2.24) is 5.32 Å². The Hall–Kier alpha value is -2.09. The summed E-state index contributed by atoms with van der Waals surface area (Å²) in [5.74, 6) is 0.00219. The molecule has 0 saturated heterocycles. The fourth-order valence-electron chi connectivity index (χ4n) is 1.67. The summed E-state index contributed by atoms with van der Waals surface area (Å²) in [6.45, 7) is 0. The van der Waals surface area contributed by atoms with E-state index in [1.807, 2.05) is 22.6 Å². The summed E-state index contributed by atoms with van der Waals surface area (Å²) in [5.41, 5.74) is 0.870. The highest BCUT2D eigenvalue weighted by atomic mass is 127. The van der Waals surface area contributed by atoms with E-state index in [4.69, 9.17) is 4.42 Å². The molecule has 2 amide bonds. The molecule has 0 unspecified atom stereocenters. The van der Waals surface area contributed by atoms with Crippen LogP contribution in [0.4, 0.5) is 5.69 Å². The van der Waals surface area contributed by atoms with E-state index in [-0.39, 0.29) is 11.8 Å². The number of carbonyl (C=O) groups is 2. The molecule has 0 bridgehead atoms. The minimum atomic E-state index is -0.335. The number of amides is 2. The van der Waals surface area contributed by atoms with Crippen molar-refractivity contribution in [3.63, 3.8) is 0 Å². The Morgan fingerprint density at radius 1 is 1.19 bits per heavy atom. The fourth-order valence-corrected chi connectivity index (χ4v) is 2.11. The third-order valence-electron chi connectivity index (χ3n) is 2.65. The molecule has 0 fully saturated rings. The number of hydrogen-bond acceptors (Lipinski definition) is 3. The molecule has 0 radical (unpaired) electrons. The van der Waals surface area contributed by atoms with Gasteiger partial charge in [-0.1, -0.05) is 12.1 Å². The maximum atomic E-state index is 11.9. The van der Waals surface area contributed by atoms with Crippen molar-refractivity contribution in [2.24, 2.45) is 0 Å². The molecule has 6 heteroatoms. The van der Waals surface area contributed by atoms with Crippen LogP contribution in [-0.4, -0.2) is 18.9 Å². The van der Waals surface area contributed by atoms with Crippen molar-refractivity contribution in [2.75, 3.05) is 12.4 Å². The number of hydrogen-bond donors (Lipinski definition) is 2. The topological polar surface area (TPSA) is 71.3 Å². The van der Waals surface area contributed by atoms with Crippen LogP contribution in [0.15, 0.2) is 46.9 Å². The van der Waals surface area contributed by atoms with Crippen LogP contribution in [0, 0.1) is 3.77 Å². The molecule has 2 rings (SSSR count). The molecule has 2 N–H and O–H groups in total. The Morgan fingerprint density at radius 3 is 2.62 bits per heavy atom. The maximum Gasteiger partial charge on any atom is 0.253 e. The molecular weight excluding hydrogens is 383 g/mol. The molecule has 21 heavy (non-hydrogen) atoms. The lowest BCUT2D eigenvalue weighted by molar-refractivity contribution is -0.111. The predicted molar refractivity (Wildman–Crippen MR) is 88.9 cm³/mol. The van der Waals surface area contributed by atoms with Crippen molar-refractivity contribution < 1.29 is 14.0 Å². The van der Waals surface area contributed by atoms with Crippen LogP contribution in [0.1, 0.15) is 16.1 Å². The lowest BCUT2D eigenvalue weighted by atomic mass is 10.1. The van der Waals surface area contributed by atoms with Crippen LogP contribution >= 0.6 is 22.6 Å². The van der Waals surface area contributed by atoms with Crippen LogP contribution in [0.3, 0.4) is 0 Å². The minimum Gasteiger partial charge on any atom is -0.451 e. The van der Waals surface area contributed by atoms with Gasteiger partial charge in [-0.15, -0.1) is 0 Å². The molecule has 0 saturated carbocycles. The lowest BCUT2D eigenvalue weighted by Crippen LogP contribution is -2.20. The van der Waals surface area contributed by atoms with Gasteiger partial charge in [0.2, 0.25) is 5.91 Å². The lowest BCUT2D eigenvalue weighted by Gasteiger charge is -2.08. The zero-order valence-corrected chi connectivity index (χ0v) is 13.4. The van der Waals surface area contributed by atoms with Gasteiger partial charge in [0.05, 0.1) is 11.3 Å². The van der Waals surface area contributed by atoms with Crippen LogP contribution in [-0.2, 0) is 4.79 Å². The monoisotopic (exact) mass is 396 g/mol. The second kappa shape index (κ2) is 7.07. The fraction of sp³-hybridized carbons (Fsp3) is 0.0667. The van der Waals surface area contributed by atoms with Crippen LogP contribution in [0.2, 0.25) is 0 Å². The average Bonchev–Trinajstić information content (AvgIpc) is 2.90. The Kier molecular flexibility index (Phi) is 5.15. The molecule has 5 nitrogen and oxygen atoms in total. The van der Waals surface area contributed by atoms with E-state index in [1.54, 1.807) is 49.5 Å². The smallest absolute Gasteiger partial charge is 0.253 e. The summed E-state index contributed by atoms with van der Waals surface area (Å²) < 4.78 is 6.07. The number of rotatable bonds is 4. The van der Waals surface area contributed by atoms with Crippen molar-refractivity contribution in [3.05, 3.63) is 57.6 Å². The Labute approximate surface area is 135 Å². The molecular formula is C15H13IN2O3. The predicted octanol–water partition coefficient (Wildman–Crippen LogP) is 2.90. The van der Waals surface area contributed by atoms with Gasteiger partial charge < -0.3 is 15.1 Å². The Balaban J connectivity index is 2.09. The van der Waals surface area contributed by atoms with E-state index >= 15 is 0 Å². The van der Waals surface area contributed by atoms with Crippen LogP contribution in [0.25, 0.3) is 6.08 Å². The van der Waals surface area contributed by atoms with E-state index in [1.165, 1.54) is 6.08 Å². The molecule has 1 aromatic carbocycles.